The van der Waals surface area contributed by atoms with Crippen LogP contribution >= 0.6 is 25.3 Å². The first-order valence-electron chi connectivity index (χ1n) is 27.8. The molecule has 3 rings (SSSR count). The van der Waals surface area contributed by atoms with E-state index in [2.05, 4.69) is 78.4 Å². The highest BCUT2D eigenvalue weighted by Gasteiger charge is 2.41. The first-order valence-corrected chi connectivity index (χ1v) is 29.1. The van der Waals surface area contributed by atoms with Crippen molar-refractivity contribution in [1.29, 1.82) is 0 Å². The second-order valence-electron chi connectivity index (χ2n) is 21.3. The van der Waals surface area contributed by atoms with Crippen LogP contribution in [0.15, 0.2) is 54.6 Å². The van der Waals surface area contributed by atoms with Gasteiger partial charge in [-0.2, -0.15) is 25.3 Å². The van der Waals surface area contributed by atoms with Gasteiger partial charge >= 0.3 is 17.9 Å². The van der Waals surface area contributed by atoms with Gasteiger partial charge in [-0.15, -0.1) is 0 Å². The molecule has 0 bridgehead atoms. The lowest BCUT2D eigenvalue weighted by molar-refractivity contribution is -0.146. The van der Waals surface area contributed by atoms with Crippen molar-refractivity contribution in [3.63, 3.8) is 0 Å². The van der Waals surface area contributed by atoms with E-state index in [0.717, 1.165) is 4.90 Å². The topological polar surface area (TPSA) is 490 Å². The SMILES string of the molecule is CC(C)C[C@H](NC(=O)[C@H](CS)NC(=O)[C@H](Cc1ccccc1)NC(=O)[C@H](CS)NC(=O)[C@H](CC(=O)O)NC(=O)CNC(=O)CNC(=O)[C@H](CO)NC(=O)[C@@H]1CCCN1C(=O)[C@H](CC(=O)O)NC(=O)[C@@H](NC(=O)[C@@H](N)Cc1ccc(O)cc1)C(C)C)C(=O)O. The van der Waals surface area contributed by atoms with E-state index in [0.29, 0.717) is 11.1 Å². The Morgan fingerprint density at radius 2 is 1.07 bits per heavy atom. The van der Waals surface area contributed by atoms with Gasteiger partial charge in [0.1, 0.15) is 60.1 Å². The molecular formula is C55H78N12O19S2. The number of hydrogen-bond acceptors (Lipinski definition) is 19. The molecule has 10 atom stereocenters. The minimum atomic E-state index is -1.88. The molecule has 33 heteroatoms. The Bertz CT molecular complexity index is 2820. The van der Waals surface area contributed by atoms with Crippen molar-refractivity contribution in [2.75, 3.05) is 37.7 Å². The summed E-state index contributed by atoms with van der Waals surface area (Å²) in [5, 5.41) is 71.7. The minimum Gasteiger partial charge on any atom is -0.508 e. The number of aliphatic hydroxyl groups is 1. The number of rotatable bonds is 36. The molecule has 0 spiro atoms. The number of phenols is 1. The molecule has 31 nitrogen and oxygen atoms in total. The summed E-state index contributed by atoms with van der Waals surface area (Å²) < 4.78 is 0. The number of nitrogens with two attached hydrogens (primary N) is 1. The Morgan fingerprint density at radius 3 is 1.60 bits per heavy atom. The van der Waals surface area contributed by atoms with Crippen molar-refractivity contribution in [2.24, 2.45) is 17.6 Å². The van der Waals surface area contributed by atoms with Gasteiger partial charge in [0, 0.05) is 24.5 Å². The molecule has 11 amide bonds. The lowest BCUT2D eigenvalue weighted by Crippen LogP contribution is -2.60. The van der Waals surface area contributed by atoms with E-state index in [1.54, 1.807) is 70.2 Å². The second kappa shape index (κ2) is 36.6. The third kappa shape index (κ3) is 24.7. The van der Waals surface area contributed by atoms with Crippen LogP contribution in [0.5, 0.6) is 5.75 Å². The fraction of sp³-hybridized carbons (Fsp3) is 0.527. The molecule has 0 saturated carbocycles. The van der Waals surface area contributed by atoms with Gasteiger partial charge in [0.2, 0.25) is 65.0 Å². The molecule has 1 aliphatic heterocycles. The van der Waals surface area contributed by atoms with Crippen LogP contribution in [0.3, 0.4) is 0 Å². The Labute approximate surface area is 516 Å². The number of thiol groups is 2. The molecule has 1 aliphatic rings. The highest BCUT2D eigenvalue weighted by Crippen LogP contribution is 2.21. The standard InChI is InChI=1S/C55H78N12O19S2/c1-27(2)17-36(55(85)86)62-51(81)39(26-88)64-48(78)33(19-29-9-6-5-7-10-29)60-50(80)38(25-87)65-49(79)34(20-43(72)73)59-42(71)23-57-41(70)22-58-47(77)37(24-68)63-52(82)40-11-8-16-67(40)54(84)35(21-44(74)75)61-53(83)45(28(3)4)66-46(76)32(56)18-30-12-14-31(69)15-13-30/h5-7,9-10,12-15,27-28,32-40,45,68-69,87-88H,8,11,16-26,56H2,1-4H3,(H,57,70)(H,58,77)(H,59,71)(H,60,80)(H,61,83)(H,62,81)(H,63,82)(H,64,78)(H,65,79)(H,66,76)(H,72,73)(H,74,75)(H,85,86)/t32-,33-,34-,35-,36-,37-,38-,39-,40-,45-/m0/s1. The fourth-order valence-corrected chi connectivity index (χ4v) is 9.28. The average molecular weight is 1280 g/mol. The summed E-state index contributed by atoms with van der Waals surface area (Å²) in [7, 11) is 0. The molecule has 484 valence electrons. The number of carbonyl (C=O) groups is 14. The van der Waals surface area contributed by atoms with Crippen molar-refractivity contribution in [3.8, 4) is 5.75 Å². The van der Waals surface area contributed by atoms with Crippen LogP contribution in [0.2, 0.25) is 0 Å². The van der Waals surface area contributed by atoms with Gasteiger partial charge in [0.05, 0.1) is 38.6 Å². The van der Waals surface area contributed by atoms with Crippen LogP contribution in [0.25, 0.3) is 0 Å². The Morgan fingerprint density at radius 1 is 0.557 bits per heavy atom. The predicted molar refractivity (Wildman–Crippen MR) is 317 cm³/mol. The van der Waals surface area contributed by atoms with E-state index in [-0.39, 0.29) is 56.1 Å². The molecule has 88 heavy (non-hydrogen) atoms. The summed E-state index contributed by atoms with van der Waals surface area (Å²) in [6, 6.07) is -0.672. The number of carboxylic acids is 3. The smallest absolute Gasteiger partial charge is 0.326 e. The van der Waals surface area contributed by atoms with Crippen LogP contribution in [0.1, 0.15) is 70.9 Å². The van der Waals surface area contributed by atoms with Crippen LogP contribution in [0, 0.1) is 11.8 Å². The van der Waals surface area contributed by atoms with Gasteiger partial charge in [-0.3, -0.25) is 62.3 Å². The second-order valence-corrected chi connectivity index (χ2v) is 22.0. The van der Waals surface area contributed by atoms with Crippen molar-refractivity contribution in [2.45, 2.75) is 133 Å². The molecule has 1 fully saturated rings. The van der Waals surface area contributed by atoms with Crippen molar-refractivity contribution in [3.05, 3.63) is 65.7 Å². The van der Waals surface area contributed by atoms with Gasteiger partial charge < -0.3 is 89.3 Å². The number of aliphatic carboxylic acids is 3. The van der Waals surface area contributed by atoms with Crippen LogP contribution in [-0.2, 0) is 80.0 Å². The Balaban J connectivity index is 1.60. The van der Waals surface area contributed by atoms with E-state index >= 15 is 0 Å². The number of carboxylic acid groups (broad SMARTS) is 3. The molecule has 2 aromatic rings. The monoisotopic (exact) mass is 1270 g/mol. The molecular weight excluding hydrogens is 1200 g/mol. The Kier molecular flexibility index (Phi) is 30.6. The van der Waals surface area contributed by atoms with Gasteiger partial charge in [-0.25, -0.2) is 4.79 Å². The molecule has 1 heterocycles. The van der Waals surface area contributed by atoms with Gasteiger partial charge in [0.15, 0.2) is 0 Å². The van der Waals surface area contributed by atoms with E-state index in [1.807, 2.05) is 0 Å². The number of nitrogens with one attached hydrogen (secondary N) is 10. The van der Waals surface area contributed by atoms with Crippen molar-refractivity contribution < 1.29 is 92.7 Å². The highest BCUT2D eigenvalue weighted by molar-refractivity contribution is 7.80. The summed E-state index contributed by atoms with van der Waals surface area (Å²) in [5.41, 5.74) is 7.23. The molecule has 1 saturated heterocycles. The van der Waals surface area contributed by atoms with Crippen LogP contribution < -0.4 is 58.9 Å². The lowest BCUT2D eigenvalue weighted by atomic mass is 10.0. The largest absolute Gasteiger partial charge is 0.508 e. The number of benzene rings is 2. The van der Waals surface area contributed by atoms with Crippen molar-refractivity contribution in [1.82, 2.24) is 58.1 Å². The number of phenolic OH excluding ortho intramolecular Hbond substituents is 1. The Hall–Kier alpha value is -8.56. The fourth-order valence-electron chi connectivity index (χ4n) is 8.77. The van der Waals surface area contributed by atoms with E-state index < -0.39 is 188 Å². The number of aliphatic hydroxyl groups excluding tert-OH is 1. The van der Waals surface area contributed by atoms with Gasteiger partial charge in [0.25, 0.3) is 0 Å². The van der Waals surface area contributed by atoms with E-state index in [1.165, 1.54) is 12.1 Å². The number of hydrogen-bond donors (Lipinski definition) is 18. The van der Waals surface area contributed by atoms with Crippen LogP contribution in [0.4, 0.5) is 0 Å². The lowest BCUT2D eigenvalue weighted by Gasteiger charge is -2.30. The molecule has 0 aromatic heterocycles. The van der Waals surface area contributed by atoms with Gasteiger partial charge in [-0.1, -0.05) is 70.2 Å². The molecule has 0 aliphatic carbocycles. The van der Waals surface area contributed by atoms with E-state index in [4.69, 9.17) is 5.73 Å². The summed E-state index contributed by atoms with van der Waals surface area (Å²) in [5.74, 6) is -16.8. The maximum Gasteiger partial charge on any atom is 0.326 e. The van der Waals surface area contributed by atoms with E-state index in [9.17, 15) is 92.7 Å². The summed E-state index contributed by atoms with van der Waals surface area (Å²) in [4.78, 5) is 184. The molecule has 17 N–H and O–H groups in total. The summed E-state index contributed by atoms with van der Waals surface area (Å²) >= 11 is 8.28. The zero-order valence-electron chi connectivity index (χ0n) is 48.7. The van der Waals surface area contributed by atoms with Crippen LogP contribution in [-0.4, -0.2) is 211 Å². The number of likely N-dealkylation sites (tertiary alicyclic amines) is 1. The molecule has 2 aromatic carbocycles. The summed E-state index contributed by atoms with van der Waals surface area (Å²) in [6.45, 7) is 3.72. The predicted octanol–water partition coefficient (Wildman–Crippen LogP) is -4.81. The molecule has 0 radical (unpaired) electrons. The first kappa shape index (κ1) is 73.7. The number of carbonyl (C=O) groups excluding carboxylic acids is 11. The normalized spacial score (nSPS) is 15.8. The zero-order valence-corrected chi connectivity index (χ0v) is 50.5. The third-order valence-corrected chi connectivity index (χ3v) is 14.1. The van der Waals surface area contributed by atoms with Gasteiger partial charge in [-0.05, 0) is 60.8 Å². The third-order valence-electron chi connectivity index (χ3n) is 13.4. The molecule has 0 unspecified atom stereocenters. The average Bonchev–Trinajstić information content (AvgIpc) is 4.22. The number of aromatic hydroxyl groups is 1. The maximum absolute atomic E-state index is 13.9. The maximum atomic E-state index is 13.9. The van der Waals surface area contributed by atoms with Crippen molar-refractivity contribution >= 4 is 108 Å². The first-order chi connectivity index (χ1) is 41.5. The number of nitrogens with zero attached hydrogens (tertiary/aromatic N) is 1. The number of amides is 11. The highest BCUT2D eigenvalue weighted by atomic mass is 32.1. The minimum absolute atomic E-state index is 0.00410. The zero-order chi connectivity index (χ0) is 65.9. The summed E-state index contributed by atoms with van der Waals surface area (Å²) in [6.07, 6.45) is -1.84. The quantitative estimate of drug-likeness (QED) is 0.0285.